The highest BCUT2D eigenvalue weighted by molar-refractivity contribution is 5.00. The summed E-state index contributed by atoms with van der Waals surface area (Å²) in [7, 11) is 4.11. The van der Waals surface area contributed by atoms with Crippen LogP contribution in [0.1, 0.15) is 37.0 Å². The van der Waals surface area contributed by atoms with Crippen LogP contribution >= 0.6 is 0 Å². The number of hydrogen-bond acceptors (Lipinski definition) is 4. The topological polar surface area (TPSA) is 41.3 Å². The zero-order chi connectivity index (χ0) is 11.4. The Hall–Kier alpha value is -0.870. The number of nitrogens with one attached hydrogen (secondary N) is 1. The highest BCUT2D eigenvalue weighted by Gasteiger charge is 2.26. The van der Waals surface area contributed by atoms with Gasteiger partial charge < -0.3 is 9.73 Å². The van der Waals surface area contributed by atoms with Gasteiger partial charge in [-0.25, -0.2) is 4.98 Å². The molecule has 90 valence electrons. The van der Waals surface area contributed by atoms with Gasteiger partial charge >= 0.3 is 0 Å². The molecule has 1 N–H and O–H groups in total. The molecule has 2 heterocycles. The summed E-state index contributed by atoms with van der Waals surface area (Å²) in [6.07, 6.45) is 6.39. The summed E-state index contributed by atoms with van der Waals surface area (Å²) in [4.78, 5) is 6.72. The predicted octanol–water partition coefficient (Wildman–Crippen LogP) is 1.59. The highest BCUT2D eigenvalue weighted by atomic mass is 16.4. The molecular weight excluding hydrogens is 202 g/mol. The molecule has 4 nitrogen and oxygen atoms in total. The maximum absolute atomic E-state index is 5.80. The lowest BCUT2D eigenvalue weighted by Crippen LogP contribution is -2.17. The van der Waals surface area contributed by atoms with E-state index in [1.165, 1.54) is 12.8 Å². The minimum absolute atomic E-state index is 0.401. The van der Waals surface area contributed by atoms with E-state index in [9.17, 15) is 0 Å². The average molecular weight is 223 g/mol. The molecule has 0 aromatic carbocycles. The van der Waals surface area contributed by atoms with Crippen molar-refractivity contribution in [2.24, 2.45) is 0 Å². The van der Waals surface area contributed by atoms with E-state index in [2.05, 4.69) is 22.2 Å². The first-order valence-corrected chi connectivity index (χ1v) is 6.10. The lowest BCUT2D eigenvalue weighted by atomic mass is 10.2. The van der Waals surface area contributed by atoms with Crippen LogP contribution in [0.25, 0.3) is 0 Å². The number of oxazole rings is 1. The normalized spacial score (nSPS) is 21.8. The summed E-state index contributed by atoms with van der Waals surface area (Å²) < 4.78 is 5.80. The number of nitrogens with zero attached hydrogens (tertiary/aromatic N) is 2. The quantitative estimate of drug-likeness (QED) is 0.770. The molecule has 0 spiro atoms. The summed E-state index contributed by atoms with van der Waals surface area (Å²) in [5, 5.41) is 3.14. The van der Waals surface area contributed by atoms with Gasteiger partial charge in [0.25, 0.3) is 0 Å². The minimum atomic E-state index is 0.401. The average Bonchev–Trinajstić information content (AvgIpc) is 2.87. The Bertz CT molecular complexity index is 324. The van der Waals surface area contributed by atoms with Crippen molar-refractivity contribution in [3.05, 3.63) is 17.8 Å². The summed E-state index contributed by atoms with van der Waals surface area (Å²) in [5.74, 6) is 1.92. The van der Waals surface area contributed by atoms with Gasteiger partial charge in [-0.15, -0.1) is 0 Å². The van der Waals surface area contributed by atoms with E-state index >= 15 is 0 Å². The molecule has 16 heavy (non-hydrogen) atoms. The van der Waals surface area contributed by atoms with Gasteiger partial charge in [-0.3, -0.25) is 4.90 Å². The lowest BCUT2D eigenvalue weighted by molar-refractivity contribution is 0.262. The Kier molecular flexibility index (Phi) is 3.96. The molecule has 0 amide bonds. The summed E-state index contributed by atoms with van der Waals surface area (Å²) >= 11 is 0. The molecule has 0 saturated carbocycles. The molecule has 0 radical (unpaired) electrons. The molecule has 1 unspecified atom stereocenters. The molecular formula is C12H21N3O. The largest absolute Gasteiger partial charge is 0.444 e. The van der Waals surface area contributed by atoms with Crippen molar-refractivity contribution >= 4 is 0 Å². The van der Waals surface area contributed by atoms with Crippen molar-refractivity contribution in [3.8, 4) is 0 Å². The second-order valence-corrected chi connectivity index (χ2v) is 4.51. The van der Waals surface area contributed by atoms with Crippen LogP contribution in [0.4, 0.5) is 0 Å². The second-order valence-electron chi connectivity index (χ2n) is 4.51. The standard InChI is InChI=1S/C12H21N3O/c1-13-7-3-5-10-9-14-12(16-10)11-6-4-8-15(11)2/h9,11,13H,3-8H2,1-2H3. The van der Waals surface area contributed by atoms with Crippen LogP contribution in [-0.2, 0) is 6.42 Å². The van der Waals surface area contributed by atoms with Crippen molar-refractivity contribution in [1.82, 2.24) is 15.2 Å². The third kappa shape index (κ3) is 2.62. The van der Waals surface area contributed by atoms with Crippen molar-refractivity contribution in [2.45, 2.75) is 31.7 Å². The molecule has 1 aromatic heterocycles. The van der Waals surface area contributed by atoms with Gasteiger partial charge in [0.05, 0.1) is 12.2 Å². The van der Waals surface area contributed by atoms with E-state index in [-0.39, 0.29) is 0 Å². The van der Waals surface area contributed by atoms with Gasteiger partial charge in [0.1, 0.15) is 5.76 Å². The van der Waals surface area contributed by atoms with Gasteiger partial charge in [-0.05, 0) is 46.4 Å². The Balaban J connectivity index is 1.91. The number of aryl methyl sites for hydroxylation is 1. The third-order valence-electron chi connectivity index (χ3n) is 3.23. The second kappa shape index (κ2) is 5.46. The number of likely N-dealkylation sites (tertiary alicyclic amines) is 1. The fraction of sp³-hybridized carbons (Fsp3) is 0.750. The monoisotopic (exact) mass is 223 g/mol. The first-order chi connectivity index (χ1) is 7.81. The summed E-state index contributed by atoms with van der Waals surface area (Å²) in [6.45, 7) is 2.18. The first kappa shape index (κ1) is 11.6. The van der Waals surface area contributed by atoms with Crippen LogP contribution in [0.15, 0.2) is 10.6 Å². The van der Waals surface area contributed by atoms with E-state index in [0.29, 0.717) is 6.04 Å². The van der Waals surface area contributed by atoms with Crippen molar-refractivity contribution in [2.75, 3.05) is 27.2 Å². The maximum Gasteiger partial charge on any atom is 0.211 e. The van der Waals surface area contributed by atoms with E-state index in [4.69, 9.17) is 4.42 Å². The van der Waals surface area contributed by atoms with Crippen LogP contribution in [0.5, 0.6) is 0 Å². The van der Waals surface area contributed by atoms with Gasteiger partial charge in [0.2, 0.25) is 5.89 Å². The molecule has 4 heteroatoms. The molecule has 1 fully saturated rings. The summed E-state index contributed by atoms with van der Waals surface area (Å²) in [6, 6.07) is 0.401. The predicted molar refractivity (Wildman–Crippen MR) is 63.4 cm³/mol. The zero-order valence-corrected chi connectivity index (χ0v) is 10.2. The highest BCUT2D eigenvalue weighted by Crippen LogP contribution is 2.29. The zero-order valence-electron chi connectivity index (χ0n) is 10.2. The lowest BCUT2D eigenvalue weighted by Gasteiger charge is -2.15. The van der Waals surface area contributed by atoms with Crippen LogP contribution in [0.2, 0.25) is 0 Å². The molecule has 0 aliphatic carbocycles. The van der Waals surface area contributed by atoms with E-state index in [0.717, 1.165) is 37.6 Å². The Labute approximate surface area is 97.0 Å². The van der Waals surface area contributed by atoms with Gasteiger partial charge in [0, 0.05) is 6.42 Å². The fourth-order valence-electron chi connectivity index (χ4n) is 2.25. The van der Waals surface area contributed by atoms with Crippen molar-refractivity contribution < 1.29 is 4.42 Å². The molecule has 0 bridgehead atoms. The van der Waals surface area contributed by atoms with Gasteiger partial charge in [-0.2, -0.15) is 0 Å². The molecule has 1 aromatic rings. The number of aromatic nitrogens is 1. The van der Waals surface area contributed by atoms with Crippen LogP contribution in [0.3, 0.4) is 0 Å². The summed E-state index contributed by atoms with van der Waals surface area (Å²) in [5.41, 5.74) is 0. The minimum Gasteiger partial charge on any atom is -0.444 e. The third-order valence-corrected chi connectivity index (χ3v) is 3.23. The Morgan fingerprint density at radius 2 is 2.50 bits per heavy atom. The number of hydrogen-bond donors (Lipinski definition) is 1. The Morgan fingerprint density at radius 3 is 3.19 bits per heavy atom. The Morgan fingerprint density at radius 1 is 1.62 bits per heavy atom. The fourth-order valence-corrected chi connectivity index (χ4v) is 2.25. The SMILES string of the molecule is CNCCCc1cnc(C2CCCN2C)o1. The molecule has 1 saturated heterocycles. The van der Waals surface area contributed by atoms with Crippen LogP contribution in [0, 0.1) is 0 Å². The van der Waals surface area contributed by atoms with Crippen molar-refractivity contribution in [3.63, 3.8) is 0 Å². The first-order valence-electron chi connectivity index (χ1n) is 6.10. The smallest absolute Gasteiger partial charge is 0.211 e. The maximum atomic E-state index is 5.80. The van der Waals surface area contributed by atoms with Gasteiger partial charge in [-0.1, -0.05) is 0 Å². The van der Waals surface area contributed by atoms with E-state index < -0.39 is 0 Å². The molecule has 2 rings (SSSR count). The van der Waals surface area contributed by atoms with E-state index in [1.54, 1.807) is 0 Å². The number of rotatable bonds is 5. The van der Waals surface area contributed by atoms with Gasteiger partial charge in [0.15, 0.2) is 0 Å². The van der Waals surface area contributed by atoms with Crippen molar-refractivity contribution in [1.29, 1.82) is 0 Å². The van der Waals surface area contributed by atoms with Crippen LogP contribution in [-0.4, -0.2) is 37.1 Å². The molecule has 1 aliphatic heterocycles. The molecule has 1 atom stereocenters. The van der Waals surface area contributed by atoms with E-state index in [1.807, 2.05) is 13.2 Å². The van der Waals surface area contributed by atoms with Crippen LogP contribution < -0.4 is 5.32 Å². The molecule has 1 aliphatic rings.